The molecule has 6 nitrogen and oxygen atoms in total. The van der Waals surface area contributed by atoms with E-state index in [0.29, 0.717) is 11.8 Å². The van der Waals surface area contributed by atoms with Gasteiger partial charge < -0.3 is 20.1 Å². The number of hydrogen-bond donors (Lipinski definition) is 2. The summed E-state index contributed by atoms with van der Waals surface area (Å²) in [5.41, 5.74) is 0.785. The van der Waals surface area contributed by atoms with Crippen molar-refractivity contribution in [2.24, 2.45) is 0 Å². The Labute approximate surface area is 118 Å². The van der Waals surface area contributed by atoms with Gasteiger partial charge in [0.15, 0.2) is 0 Å². The average Bonchev–Trinajstić information content (AvgIpc) is 2.48. The number of nitrogens with one attached hydrogen (secondary N) is 2. The Kier molecular flexibility index (Phi) is 4.60. The second kappa shape index (κ2) is 6.60. The zero-order valence-corrected chi connectivity index (χ0v) is 11.8. The van der Waals surface area contributed by atoms with Crippen LogP contribution in [0.4, 0.5) is 17.5 Å². The van der Waals surface area contributed by atoms with E-state index >= 15 is 0 Å². The molecule has 0 bridgehead atoms. The van der Waals surface area contributed by atoms with Crippen molar-refractivity contribution in [3.05, 3.63) is 30.5 Å². The fourth-order valence-electron chi connectivity index (χ4n) is 1.72. The predicted molar refractivity (Wildman–Crippen MR) is 79.0 cm³/mol. The third kappa shape index (κ3) is 3.28. The normalized spacial score (nSPS) is 9.95. The van der Waals surface area contributed by atoms with E-state index in [1.165, 1.54) is 0 Å². The lowest BCUT2D eigenvalue weighted by Crippen LogP contribution is -2.04. The van der Waals surface area contributed by atoms with Crippen LogP contribution in [0.3, 0.4) is 0 Å². The van der Waals surface area contributed by atoms with Gasteiger partial charge in [-0.25, -0.2) is 4.98 Å². The Hall–Kier alpha value is -2.50. The molecule has 0 spiro atoms. The molecule has 0 aliphatic carbocycles. The Morgan fingerprint density at radius 1 is 1.15 bits per heavy atom. The number of anilines is 3. The maximum Gasteiger partial charge on any atom is 0.224 e. The van der Waals surface area contributed by atoms with Gasteiger partial charge in [-0.15, -0.1) is 0 Å². The lowest BCUT2D eigenvalue weighted by atomic mass is 10.2. The summed E-state index contributed by atoms with van der Waals surface area (Å²) >= 11 is 0. The molecule has 0 saturated heterocycles. The minimum Gasteiger partial charge on any atom is -0.497 e. The monoisotopic (exact) mass is 274 g/mol. The number of hydrogen-bond acceptors (Lipinski definition) is 6. The summed E-state index contributed by atoms with van der Waals surface area (Å²) in [5.74, 6) is 2.73. The Balaban J connectivity index is 2.26. The van der Waals surface area contributed by atoms with E-state index in [1.807, 2.05) is 25.1 Å². The first-order valence-corrected chi connectivity index (χ1v) is 6.32. The molecule has 1 aromatic heterocycles. The maximum atomic E-state index is 5.32. The van der Waals surface area contributed by atoms with Crippen molar-refractivity contribution in [1.29, 1.82) is 0 Å². The molecule has 0 unspecified atom stereocenters. The molecular weight excluding hydrogens is 256 g/mol. The molecule has 20 heavy (non-hydrogen) atoms. The second-order valence-corrected chi connectivity index (χ2v) is 3.99. The zero-order chi connectivity index (χ0) is 14.4. The maximum absolute atomic E-state index is 5.32. The van der Waals surface area contributed by atoms with Crippen LogP contribution in [0.25, 0.3) is 0 Å². The second-order valence-electron chi connectivity index (χ2n) is 3.99. The molecule has 0 radical (unpaired) electrons. The molecule has 6 heteroatoms. The van der Waals surface area contributed by atoms with E-state index < -0.39 is 0 Å². The van der Waals surface area contributed by atoms with E-state index in [1.54, 1.807) is 26.5 Å². The highest BCUT2D eigenvalue weighted by molar-refractivity contribution is 5.66. The minimum atomic E-state index is 0.583. The summed E-state index contributed by atoms with van der Waals surface area (Å²) in [6.45, 7) is 2.76. The predicted octanol–water partition coefficient (Wildman–Crippen LogP) is 2.67. The van der Waals surface area contributed by atoms with Crippen LogP contribution in [-0.2, 0) is 0 Å². The first-order valence-electron chi connectivity index (χ1n) is 6.32. The fraction of sp³-hybridized carbons (Fsp3) is 0.286. The van der Waals surface area contributed by atoms with E-state index in [9.17, 15) is 0 Å². The SMILES string of the molecule is CCNc1nccc(Nc2cc(OC)ccc2OC)n1. The van der Waals surface area contributed by atoms with Gasteiger partial charge in [0.1, 0.15) is 17.3 Å². The molecule has 0 amide bonds. The molecule has 106 valence electrons. The summed E-state index contributed by atoms with van der Waals surface area (Å²) in [6, 6.07) is 7.33. The third-order valence-corrected chi connectivity index (χ3v) is 2.66. The molecule has 0 aliphatic heterocycles. The van der Waals surface area contributed by atoms with Crippen molar-refractivity contribution in [3.8, 4) is 11.5 Å². The summed E-state index contributed by atoms with van der Waals surface area (Å²) in [5, 5.41) is 6.27. The standard InChI is InChI=1S/C14H18N4O2/c1-4-15-14-16-8-7-13(18-14)17-11-9-10(19-2)5-6-12(11)20-3/h5-9H,4H2,1-3H3,(H2,15,16,17,18). The Morgan fingerprint density at radius 3 is 2.70 bits per heavy atom. The van der Waals surface area contributed by atoms with Gasteiger partial charge in [-0.1, -0.05) is 0 Å². The van der Waals surface area contributed by atoms with Crippen LogP contribution in [0.5, 0.6) is 11.5 Å². The molecule has 2 N–H and O–H groups in total. The molecule has 1 aromatic carbocycles. The summed E-state index contributed by atoms with van der Waals surface area (Å²) in [6.07, 6.45) is 1.69. The molecule has 0 fully saturated rings. The highest BCUT2D eigenvalue weighted by atomic mass is 16.5. The molecule has 2 aromatic rings. The van der Waals surface area contributed by atoms with Gasteiger partial charge in [0, 0.05) is 18.8 Å². The van der Waals surface area contributed by atoms with Crippen LogP contribution in [0, 0.1) is 0 Å². The van der Waals surface area contributed by atoms with Crippen LogP contribution < -0.4 is 20.1 Å². The number of nitrogens with zero attached hydrogens (tertiary/aromatic N) is 2. The third-order valence-electron chi connectivity index (χ3n) is 2.66. The van der Waals surface area contributed by atoms with Gasteiger partial charge in [0.2, 0.25) is 5.95 Å². The van der Waals surface area contributed by atoms with Crippen molar-refractivity contribution < 1.29 is 9.47 Å². The van der Waals surface area contributed by atoms with E-state index in [-0.39, 0.29) is 0 Å². The molecule has 0 saturated carbocycles. The lowest BCUT2D eigenvalue weighted by molar-refractivity contribution is 0.405. The zero-order valence-electron chi connectivity index (χ0n) is 11.8. The Morgan fingerprint density at radius 2 is 2.00 bits per heavy atom. The van der Waals surface area contributed by atoms with Gasteiger partial charge in [-0.2, -0.15) is 4.98 Å². The summed E-state index contributed by atoms with van der Waals surface area (Å²) < 4.78 is 10.5. The van der Waals surface area contributed by atoms with Crippen molar-refractivity contribution >= 4 is 17.5 Å². The van der Waals surface area contributed by atoms with Gasteiger partial charge in [0.25, 0.3) is 0 Å². The van der Waals surface area contributed by atoms with E-state index in [4.69, 9.17) is 9.47 Å². The van der Waals surface area contributed by atoms with Gasteiger partial charge in [-0.3, -0.25) is 0 Å². The number of methoxy groups -OCH3 is 2. The van der Waals surface area contributed by atoms with Crippen LogP contribution in [0.2, 0.25) is 0 Å². The quantitative estimate of drug-likeness (QED) is 0.844. The summed E-state index contributed by atoms with van der Waals surface area (Å²) in [4.78, 5) is 8.49. The van der Waals surface area contributed by atoms with Crippen molar-refractivity contribution in [2.75, 3.05) is 31.4 Å². The average molecular weight is 274 g/mol. The van der Waals surface area contributed by atoms with Gasteiger partial charge in [-0.05, 0) is 25.1 Å². The minimum absolute atomic E-state index is 0.583. The number of aromatic nitrogens is 2. The highest BCUT2D eigenvalue weighted by Crippen LogP contribution is 2.30. The van der Waals surface area contributed by atoms with E-state index in [0.717, 1.165) is 23.7 Å². The van der Waals surface area contributed by atoms with Gasteiger partial charge in [0.05, 0.1) is 19.9 Å². The van der Waals surface area contributed by atoms with Crippen molar-refractivity contribution in [3.63, 3.8) is 0 Å². The first-order chi connectivity index (χ1) is 9.76. The number of ether oxygens (including phenoxy) is 2. The number of benzene rings is 1. The van der Waals surface area contributed by atoms with Crippen LogP contribution in [0.1, 0.15) is 6.92 Å². The smallest absolute Gasteiger partial charge is 0.224 e. The fourth-order valence-corrected chi connectivity index (χ4v) is 1.72. The molecule has 0 aliphatic rings. The molecular formula is C14H18N4O2. The molecule has 0 atom stereocenters. The Bertz CT molecular complexity index is 575. The topological polar surface area (TPSA) is 68.3 Å². The van der Waals surface area contributed by atoms with Crippen LogP contribution >= 0.6 is 0 Å². The molecule has 1 heterocycles. The van der Waals surface area contributed by atoms with Crippen LogP contribution in [-0.4, -0.2) is 30.7 Å². The van der Waals surface area contributed by atoms with Gasteiger partial charge >= 0.3 is 0 Å². The first kappa shape index (κ1) is 13.9. The highest BCUT2D eigenvalue weighted by Gasteiger charge is 2.06. The summed E-state index contributed by atoms with van der Waals surface area (Å²) in [7, 11) is 3.25. The molecule has 2 rings (SSSR count). The van der Waals surface area contributed by atoms with E-state index in [2.05, 4.69) is 20.6 Å². The van der Waals surface area contributed by atoms with Crippen LogP contribution in [0.15, 0.2) is 30.5 Å². The van der Waals surface area contributed by atoms with Crippen molar-refractivity contribution in [1.82, 2.24) is 9.97 Å². The largest absolute Gasteiger partial charge is 0.497 e. The lowest BCUT2D eigenvalue weighted by Gasteiger charge is -2.12. The number of rotatable bonds is 6. The van der Waals surface area contributed by atoms with Crippen molar-refractivity contribution in [2.45, 2.75) is 6.92 Å².